The molecule has 0 unspecified atom stereocenters. The summed E-state index contributed by atoms with van der Waals surface area (Å²) in [6, 6.07) is 7.31. The highest BCUT2D eigenvalue weighted by Gasteiger charge is 2.41. The molecule has 3 aliphatic rings. The summed E-state index contributed by atoms with van der Waals surface area (Å²) < 4.78 is 5.45. The fourth-order valence-corrected chi connectivity index (χ4v) is 4.60. The van der Waals surface area contributed by atoms with E-state index in [1.807, 2.05) is 0 Å². The van der Waals surface area contributed by atoms with Crippen molar-refractivity contribution in [1.29, 1.82) is 0 Å². The number of fused-ring (bicyclic) bond motifs is 4. The van der Waals surface area contributed by atoms with Gasteiger partial charge in [0.25, 0.3) is 0 Å². The molecule has 0 amide bonds. The van der Waals surface area contributed by atoms with Crippen molar-refractivity contribution in [3.05, 3.63) is 47.0 Å². The summed E-state index contributed by atoms with van der Waals surface area (Å²) in [5.41, 5.74) is 4.83. The minimum absolute atomic E-state index is 0.435. The molecule has 2 aromatic heterocycles. The van der Waals surface area contributed by atoms with E-state index in [2.05, 4.69) is 41.1 Å². The zero-order chi connectivity index (χ0) is 17.5. The number of aryl methyl sites for hydroxylation is 1. The molecule has 0 aromatic carbocycles. The van der Waals surface area contributed by atoms with E-state index >= 15 is 0 Å². The van der Waals surface area contributed by atoms with Gasteiger partial charge in [0, 0.05) is 55.6 Å². The van der Waals surface area contributed by atoms with Crippen LogP contribution in [0.1, 0.15) is 41.5 Å². The van der Waals surface area contributed by atoms with Crippen LogP contribution in [0.4, 0.5) is 5.95 Å². The van der Waals surface area contributed by atoms with Gasteiger partial charge in [0.2, 0.25) is 5.95 Å². The summed E-state index contributed by atoms with van der Waals surface area (Å²) in [5, 5.41) is 0. The second-order valence-corrected chi connectivity index (χ2v) is 7.57. The number of hydrogen-bond donors (Lipinski definition) is 0. The highest BCUT2D eigenvalue weighted by Crippen LogP contribution is 2.43. The Morgan fingerprint density at radius 3 is 2.88 bits per heavy atom. The number of morpholine rings is 1. The molecule has 0 saturated carbocycles. The standard InChI is InChI=1S/C20H25N5O/c1-14-3-2-4-15(22-14)13-25-16-5-6-19(25)17-12-21-20(23-18(17)11-16)24-7-9-26-10-8-24/h2-4,12,16,19H,5-11,13H2,1H3/t16-,19-/m0/s1. The molecule has 6 heteroatoms. The first kappa shape index (κ1) is 16.1. The van der Waals surface area contributed by atoms with Crippen LogP contribution in [0.15, 0.2) is 24.4 Å². The van der Waals surface area contributed by atoms with Gasteiger partial charge in [-0.15, -0.1) is 0 Å². The van der Waals surface area contributed by atoms with Gasteiger partial charge in [-0.3, -0.25) is 9.88 Å². The third-order valence-corrected chi connectivity index (χ3v) is 5.90. The topological polar surface area (TPSA) is 54.4 Å². The lowest BCUT2D eigenvalue weighted by Gasteiger charge is -2.36. The van der Waals surface area contributed by atoms with E-state index in [0.29, 0.717) is 12.1 Å². The van der Waals surface area contributed by atoms with Gasteiger partial charge in [-0.25, -0.2) is 9.97 Å². The van der Waals surface area contributed by atoms with Crippen LogP contribution >= 0.6 is 0 Å². The van der Waals surface area contributed by atoms with Crippen LogP contribution in [0.3, 0.4) is 0 Å². The lowest BCUT2D eigenvalue weighted by Crippen LogP contribution is -2.40. The van der Waals surface area contributed by atoms with Crippen molar-refractivity contribution in [3.8, 4) is 0 Å². The van der Waals surface area contributed by atoms with Crippen LogP contribution in [0.25, 0.3) is 0 Å². The van der Waals surface area contributed by atoms with Crippen LogP contribution in [0, 0.1) is 6.92 Å². The Balaban J connectivity index is 1.40. The largest absolute Gasteiger partial charge is 0.378 e. The van der Waals surface area contributed by atoms with Crippen molar-refractivity contribution in [2.45, 2.75) is 44.8 Å². The number of nitrogens with zero attached hydrogens (tertiary/aromatic N) is 5. The molecule has 2 atom stereocenters. The highest BCUT2D eigenvalue weighted by molar-refractivity contribution is 5.37. The van der Waals surface area contributed by atoms with E-state index < -0.39 is 0 Å². The van der Waals surface area contributed by atoms with E-state index in [-0.39, 0.29) is 0 Å². The van der Waals surface area contributed by atoms with Gasteiger partial charge in [-0.2, -0.15) is 0 Å². The second-order valence-electron chi connectivity index (χ2n) is 7.57. The van der Waals surface area contributed by atoms with Crippen LogP contribution in [-0.4, -0.2) is 52.2 Å². The van der Waals surface area contributed by atoms with Crippen LogP contribution in [-0.2, 0) is 17.7 Å². The summed E-state index contributed by atoms with van der Waals surface area (Å²) >= 11 is 0. The minimum atomic E-state index is 0.435. The fourth-order valence-electron chi connectivity index (χ4n) is 4.60. The third-order valence-electron chi connectivity index (χ3n) is 5.90. The molecule has 2 saturated heterocycles. The number of aromatic nitrogens is 3. The Kier molecular flexibility index (Phi) is 4.10. The molecule has 136 valence electrons. The highest BCUT2D eigenvalue weighted by atomic mass is 16.5. The van der Waals surface area contributed by atoms with E-state index in [1.54, 1.807) is 0 Å². The zero-order valence-electron chi connectivity index (χ0n) is 15.3. The summed E-state index contributed by atoms with van der Waals surface area (Å²) in [6.45, 7) is 6.28. The molecule has 0 radical (unpaired) electrons. The monoisotopic (exact) mass is 351 g/mol. The molecule has 6 nitrogen and oxygen atoms in total. The van der Waals surface area contributed by atoms with Gasteiger partial charge >= 0.3 is 0 Å². The van der Waals surface area contributed by atoms with Gasteiger partial charge in [-0.05, 0) is 31.9 Å². The summed E-state index contributed by atoms with van der Waals surface area (Å²) in [6.07, 6.45) is 5.54. The van der Waals surface area contributed by atoms with E-state index in [0.717, 1.165) is 56.6 Å². The molecule has 5 heterocycles. The molecule has 0 aliphatic carbocycles. The van der Waals surface area contributed by atoms with Gasteiger partial charge in [0.05, 0.1) is 24.6 Å². The normalized spacial score (nSPS) is 25.3. The van der Waals surface area contributed by atoms with Gasteiger partial charge in [-0.1, -0.05) is 6.07 Å². The van der Waals surface area contributed by atoms with Crippen molar-refractivity contribution < 1.29 is 4.74 Å². The first-order chi connectivity index (χ1) is 12.8. The molecule has 26 heavy (non-hydrogen) atoms. The molecule has 0 spiro atoms. The molecule has 3 aliphatic heterocycles. The molecule has 2 aromatic rings. The summed E-state index contributed by atoms with van der Waals surface area (Å²) in [4.78, 5) is 19.2. The van der Waals surface area contributed by atoms with Crippen molar-refractivity contribution in [3.63, 3.8) is 0 Å². The smallest absolute Gasteiger partial charge is 0.225 e. The van der Waals surface area contributed by atoms with Crippen molar-refractivity contribution in [1.82, 2.24) is 19.9 Å². The quantitative estimate of drug-likeness (QED) is 0.846. The minimum Gasteiger partial charge on any atom is -0.378 e. The molecular formula is C20H25N5O. The Hall–Kier alpha value is -2.05. The Morgan fingerprint density at radius 2 is 2.04 bits per heavy atom. The zero-order valence-corrected chi connectivity index (χ0v) is 15.3. The van der Waals surface area contributed by atoms with Gasteiger partial charge in [0.1, 0.15) is 0 Å². The van der Waals surface area contributed by atoms with Crippen LogP contribution in [0.5, 0.6) is 0 Å². The number of hydrogen-bond acceptors (Lipinski definition) is 6. The molecule has 0 N–H and O–H groups in total. The van der Waals surface area contributed by atoms with Crippen LogP contribution in [0.2, 0.25) is 0 Å². The SMILES string of the molecule is Cc1cccc(CN2[C@H]3CC[C@H]2c2cnc(N4CCOCC4)nc2C3)n1. The maximum atomic E-state index is 5.45. The Morgan fingerprint density at radius 1 is 1.15 bits per heavy atom. The van der Waals surface area contributed by atoms with Crippen LogP contribution < -0.4 is 4.90 Å². The van der Waals surface area contributed by atoms with Crippen molar-refractivity contribution in [2.24, 2.45) is 0 Å². The first-order valence-corrected chi connectivity index (χ1v) is 9.65. The number of rotatable bonds is 3. The molecule has 5 rings (SSSR count). The van der Waals surface area contributed by atoms with Crippen molar-refractivity contribution in [2.75, 3.05) is 31.2 Å². The first-order valence-electron chi connectivity index (χ1n) is 9.65. The van der Waals surface area contributed by atoms with E-state index in [1.165, 1.54) is 24.1 Å². The number of pyridine rings is 1. The molecule has 2 fully saturated rings. The van der Waals surface area contributed by atoms with Gasteiger partial charge in [0.15, 0.2) is 0 Å². The fraction of sp³-hybridized carbons (Fsp3) is 0.550. The lowest BCUT2D eigenvalue weighted by molar-refractivity contribution is 0.122. The third kappa shape index (κ3) is 2.87. The lowest BCUT2D eigenvalue weighted by atomic mass is 9.99. The number of anilines is 1. The predicted molar refractivity (Wildman–Crippen MR) is 99.0 cm³/mol. The maximum absolute atomic E-state index is 5.45. The molecular weight excluding hydrogens is 326 g/mol. The number of ether oxygens (including phenoxy) is 1. The van der Waals surface area contributed by atoms with Gasteiger partial charge < -0.3 is 9.64 Å². The average molecular weight is 351 g/mol. The summed E-state index contributed by atoms with van der Waals surface area (Å²) in [5.74, 6) is 0.875. The maximum Gasteiger partial charge on any atom is 0.225 e. The average Bonchev–Trinajstić information content (AvgIpc) is 2.94. The predicted octanol–water partition coefficient (Wildman–Crippen LogP) is 2.28. The van der Waals surface area contributed by atoms with Crippen molar-refractivity contribution >= 4 is 5.95 Å². The van der Waals surface area contributed by atoms with E-state index in [9.17, 15) is 0 Å². The Labute approximate surface area is 154 Å². The Bertz CT molecular complexity index is 805. The summed E-state index contributed by atoms with van der Waals surface area (Å²) in [7, 11) is 0. The van der Waals surface area contributed by atoms with E-state index in [4.69, 9.17) is 19.7 Å². The molecule has 2 bridgehead atoms. The second kappa shape index (κ2) is 6.59.